The van der Waals surface area contributed by atoms with E-state index in [0.29, 0.717) is 10.8 Å². The molecule has 0 unspecified atom stereocenters. The van der Waals surface area contributed by atoms with Crippen molar-refractivity contribution >= 4 is 19.9 Å². The zero-order valence-corrected chi connectivity index (χ0v) is 9.85. The van der Waals surface area contributed by atoms with Gasteiger partial charge in [0.15, 0.2) is 0 Å². The summed E-state index contributed by atoms with van der Waals surface area (Å²) in [5, 5.41) is 8.80. The number of benzene rings is 1. The minimum Gasteiger partial charge on any atom is -0.392 e. The van der Waals surface area contributed by atoms with Gasteiger partial charge in [0.2, 0.25) is 0 Å². The molecule has 1 aromatic carbocycles. The first-order chi connectivity index (χ1) is 7.07. The molecule has 6 heteroatoms. The molecule has 84 valence electrons. The molecule has 4 nitrogen and oxygen atoms in total. The molecule has 0 spiro atoms. The maximum absolute atomic E-state index is 11.0. The molecule has 0 aliphatic heterocycles. The molecule has 0 aliphatic carbocycles. The van der Waals surface area contributed by atoms with Gasteiger partial charge in [0, 0.05) is 0 Å². The average Bonchev–Trinajstić information content (AvgIpc) is 2.27. The van der Waals surface area contributed by atoms with Gasteiger partial charge in [-0.2, -0.15) is 8.42 Å². The Morgan fingerprint density at radius 2 is 1.80 bits per heavy atom. The van der Waals surface area contributed by atoms with Crippen molar-refractivity contribution in [2.24, 2.45) is 0 Å². The Hall–Kier alpha value is -0.560. The standard InChI is InChI=1S/C9H12O4S2/c1-14-15(11,12)13-7-9-4-2-8(6-10)3-5-9/h2-5,10H,6-7H2,1H3. The third kappa shape index (κ3) is 4.21. The predicted octanol–water partition coefficient (Wildman–Crippen LogP) is 1.30. The van der Waals surface area contributed by atoms with E-state index >= 15 is 0 Å². The fourth-order valence-electron chi connectivity index (χ4n) is 0.929. The molecule has 0 saturated heterocycles. The Kier molecular flexibility index (Phi) is 4.59. The van der Waals surface area contributed by atoms with Gasteiger partial charge in [-0.05, 0) is 28.2 Å². The van der Waals surface area contributed by atoms with Crippen LogP contribution in [-0.4, -0.2) is 19.8 Å². The molecule has 0 heterocycles. The first-order valence-corrected chi connectivity index (χ1v) is 7.36. The lowest BCUT2D eigenvalue weighted by molar-refractivity contribution is 0.281. The summed E-state index contributed by atoms with van der Waals surface area (Å²) in [6.45, 7) is -0.000864. The Bertz CT molecular complexity index is 397. The topological polar surface area (TPSA) is 63.6 Å². The van der Waals surface area contributed by atoms with Crippen molar-refractivity contribution in [1.29, 1.82) is 0 Å². The molecule has 15 heavy (non-hydrogen) atoms. The van der Waals surface area contributed by atoms with Crippen molar-refractivity contribution in [3.63, 3.8) is 0 Å². The summed E-state index contributed by atoms with van der Waals surface area (Å²) in [6.07, 6.45) is 1.45. The summed E-state index contributed by atoms with van der Waals surface area (Å²) in [4.78, 5) is 0. The SMILES string of the molecule is CSS(=O)(=O)OCc1ccc(CO)cc1. The maximum Gasteiger partial charge on any atom is 0.322 e. The highest BCUT2D eigenvalue weighted by Crippen LogP contribution is 2.13. The second-order valence-electron chi connectivity index (χ2n) is 2.81. The van der Waals surface area contributed by atoms with Gasteiger partial charge >= 0.3 is 9.15 Å². The lowest BCUT2D eigenvalue weighted by Crippen LogP contribution is -2.00. The van der Waals surface area contributed by atoms with Crippen LogP contribution in [-0.2, 0) is 26.5 Å². The molecule has 1 rings (SSSR count). The van der Waals surface area contributed by atoms with Gasteiger partial charge in [0.25, 0.3) is 0 Å². The molecule has 1 N–H and O–H groups in total. The number of hydrogen-bond donors (Lipinski definition) is 1. The molecule has 1 aromatic rings. The number of rotatable bonds is 5. The van der Waals surface area contributed by atoms with Gasteiger partial charge in [0.1, 0.15) is 0 Å². The molecular formula is C9H12O4S2. The van der Waals surface area contributed by atoms with Crippen LogP contribution in [0.2, 0.25) is 0 Å². The van der Waals surface area contributed by atoms with Crippen LogP contribution >= 0.6 is 10.8 Å². The molecule has 0 atom stereocenters. The fraction of sp³-hybridized carbons (Fsp3) is 0.333. The summed E-state index contributed by atoms with van der Waals surface area (Å²) >= 11 is 0. The van der Waals surface area contributed by atoms with Crippen molar-refractivity contribution in [1.82, 2.24) is 0 Å². The molecule has 0 amide bonds. The fourth-order valence-corrected chi connectivity index (χ4v) is 1.74. The lowest BCUT2D eigenvalue weighted by atomic mass is 10.1. The van der Waals surface area contributed by atoms with E-state index in [4.69, 9.17) is 9.29 Å². The van der Waals surface area contributed by atoms with E-state index in [2.05, 4.69) is 0 Å². The van der Waals surface area contributed by atoms with Crippen LogP contribution in [0, 0.1) is 0 Å². The predicted molar refractivity (Wildman–Crippen MR) is 59.6 cm³/mol. The normalized spacial score (nSPS) is 11.6. The van der Waals surface area contributed by atoms with Gasteiger partial charge in [-0.1, -0.05) is 24.3 Å². The van der Waals surface area contributed by atoms with Crippen LogP contribution < -0.4 is 0 Å². The van der Waals surface area contributed by atoms with Gasteiger partial charge in [-0.25, -0.2) is 0 Å². The van der Waals surface area contributed by atoms with E-state index in [1.807, 2.05) is 0 Å². The summed E-state index contributed by atoms with van der Waals surface area (Å²) in [5.41, 5.74) is 1.54. The van der Waals surface area contributed by atoms with Crippen LogP contribution in [0.25, 0.3) is 0 Å². The Labute approximate surface area is 92.8 Å². The maximum atomic E-state index is 11.0. The second-order valence-corrected chi connectivity index (χ2v) is 6.42. The quantitative estimate of drug-likeness (QED) is 0.796. The lowest BCUT2D eigenvalue weighted by Gasteiger charge is -2.03. The van der Waals surface area contributed by atoms with Crippen molar-refractivity contribution in [3.8, 4) is 0 Å². The van der Waals surface area contributed by atoms with Crippen LogP contribution in [0.3, 0.4) is 0 Å². The highest BCUT2D eigenvalue weighted by molar-refractivity contribution is 8.70. The molecule has 0 fully saturated rings. The number of aliphatic hydroxyl groups is 1. The summed E-state index contributed by atoms with van der Waals surface area (Å²) in [6, 6.07) is 6.90. The van der Waals surface area contributed by atoms with Gasteiger partial charge in [-0.3, -0.25) is 4.18 Å². The molecule has 0 aliphatic rings. The molecular weight excluding hydrogens is 236 g/mol. The Morgan fingerprint density at radius 3 is 2.27 bits per heavy atom. The van der Waals surface area contributed by atoms with Crippen molar-refractivity contribution in [3.05, 3.63) is 35.4 Å². The van der Waals surface area contributed by atoms with Crippen molar-refractivity contribution in [2.75, 3.05) is 6.26 Å². The Morgan fingerprint density at radius 1 is 1.27 bits per heavy atom. The van der Waals surface area contributed by atoms with E-state index in [0.717, 1.165) is 11.1 Å². The number of hydrogen-bond acceptors (Lipinski definition) is 5. The molecule has 0 saturated carbocycles. The van der Waals surface area contributed by atoms with Crippen molar-refractivity contribution in [2.45, 2.75) is 13.2 Å². The highest BCUT2D eigenvalue weighted by atomic mass is 33.1. The Balaban J connectivity index is 2.59. The van der Waals surface area contributed by atoms with Gasteiger partial charge < -0.3 is 5.11 Å². The van der Waals surface area contributed by atoms with Gasteiger partial charge in [0.05, 0.1) is 13.2 Å². The molecule has 0 aromatic heterocycles. The zero-order chi connectivity index (χ0) is 11.3. The first kappa shape index (κ1) is 12.5. The average molecular weight is 248 g/mol. The van der Waals surface area contributed by atoms with E-state index in [-0.39, 0.29) is 13.2 Å². The van der Waals surface area contributed by atoms with E-state index in [9.17, 15) is 8.42 Å². The number of aliphatic hydroxyl groups excluding tert-OH is 1. The van der Waals surface area contributed by atoms with E-state index < -0.39 is 9.15 Å². The minimum absolute atomic E-state index is 0.0227. The summed E-state index contributed by atoms with van der Waals surface area (Å²) in [5.74, 6) is 0. The summed E-state index contributed by atoms with van der Waals surface area (Å²) in [7, 11) is -2.80. The second kappa shape index (κ2) is 5.50. The van der Waals surface area contributed by atoms with Gasteiger partial charge in [-0.15, -0.1) is 0 Å². The largest absolute Gasteiger partial charge is 0.392 e. The monoisotopic (exact) mass is 248 g/mol. The minimum atomic E-state index is -3.47. The van der Waals surface area contributed by atoms with Crippen LogP contribution in [0.5, 0.6) is 0 Å². The van der Waals surface area contributed by atoms with Crippen molar-refractivity contribution < 1.29 is 17.7 Å². The highest BCUT2D eigenvalue weighted by Gasteiger charge is 2.08. The van der Waals surface area contributed by atoms with E-state index in [1.165, 1.54) is 6.26 Å². The first-order valence-electron chi connectivity index (χ1n) is 4.21. The van der Waals surface area contributed by atoms with Crippen LogP contribution in [0.15, 0.2) is 24.3 Å². The summed E-state index contributed by atoms with van der Waals surface area (Å²) < 4.78 is 26.7. The van der Waals surface area contributed by atoms with E-state index in [1.54, 1.807) is 24.3 Å². The van der Waals surface area contributed by atoms with Crippen LogP contribution in [0.1, 0.15) is 11.1 Å². The molecule has 0 bridgehead atoms. The third-order valence-electron chi connectivity index (χ3n) is 1.78. The van der Waals surface area contributed by atoms with Crippen LogP contribution in [0.4, 0.5) is 0 Å². The third-order valence-corrected chi connectivity index (χ3v) is 4.11. The molecule has 0 radical (unpaired) electrons. The smallest absolute Gasteiger partial charge is 0.322 e. The zero-order valence-electron chi connectivity index (χ0n) is 8.21.